The maximum absolute atomic E-state index is 12.5. The molecule has 4 N–H and O–H groups in total. The van der Waals surface area contributed by atoms with Crippen LogP contribution in [-0.4, -0.2) is 23.0 Å². The van der Waals surface area contributed by atoms with E-state index in [2.05, 4.69) is 5.32 Å². The molecule has 0 radical (unpaired) electrons. The van der Waals surface area contributed by atoms with Crippen molar-refractivity contribution in [3.05, 3.63) is 95.6 Å². The summed E-state index contributed by atoms with van der Waals surface area (Å²) in [6.45, 7) is 0.389. The second-order valence-corrected chi connectivity index (χ2v) is 6.59. The van der Waals surface area contributed by atoms with Crippen molar-refractivity contribution in [2.24, 2.45) is 5.73 Å². The minimum Gasteiger partial charge on any atom is -0.480 e. The summed E-state index contributed by atoms with van der Waals surface area (Å²) in [6.07, 6.45) is 0.272. The van der Waals surface area contributed by atoms with Gasteiger partial charge in [0.05, 0.1) is 0 Å². The van der Waals surface area contributed by atoms with Crippen LogP contribution in [0.4, 0.5) is 0 Å². The van der Waals surface area contributed by atoms with Gasteiger partial charge < -0.3 is 16.2 Å². The van der Waals surface area contributed by atoms with Crippen molar-refractivity contribution in [2.75, 3.05) is 0 Å². The molecule has 0 aromatic heterocycles. The Morgan fingerprint density at radius 1 is 0.857 bits per heavy atom. The van der Waals surface area contributed by atoms with Gasteiger partial charge in [-0.05, 0) is 40.8 Å². The molecule has 1 atom stereocenters. The lowest BCUT2D eigenvalue weighted by Crippen LogP contribution is -2.32. The maximum Gasteiger partial charge on any atom is 0.320 e. The molecule has 0 saturated heterocycles. The summed E-state index contributed by atoms with van der Waals surface area (Å²) >= 11 is 0. The highest BCUT2D eigenvalue weighted by Crippen LogP contribution is 2.20. The van der Waals surface area contributed by atoms with Gasteiger partial charge in [-0.2, -0.15) is 0 Å². The van der Waals surface area contributed by atoms with Crippen LogP contribution >= 0.6 is 0 Å². The molecule has 3 rings (SSSR count). The lowest BCUT2D eigenvalue weighted by Gasteiger charge is -2.09. The summed E-state index contributed by atoms with van der Waals surface area (Å²) in [4.78, 5) is 23.3. The number of hydrogen-bond acceptors (Lipinski definition) is 3. The van der Waals surface area contributed by atoms with Gasteiger partial charge >= 0.3 is 5.97 Å². The number of carboxylic acids is 1. The van der Waals surface area contributed by atoms with E-state index in [1.165, 1.54) is 0 Å². The molecule has 0 aliphatic rings. The van der Waals surface area contributed by atoms with Crippen molar-refractivity contribution in [2.45, 2.75) is 19.0 Å². The molecule has 0 heterocycles. The summed E-state index contributed by atoms with van der Waals surface area (Å²) in [5, 5.41) is 11.8. The van der Waals surface area contributed by atoms with Crippen molar-refractivity contribution in [1.29, 1.82) is 0 Å². The molecule has 0 saturated carbocycles. The van der Waals surface area contributed by atoms with Crippen molar-refractivity contribution in [3.8, 4) is 11.1 Å². The minimum absolute atomic E-state index is 0.144. The molecule has 5 nitrogen and oxygen atoms in total. The second kappa shape index (κ2) is 8.97. The fourth-order valence-electron chi connectivity index (χ4n) is 2.89. The first kappa shape index (κ1) is 19.3. The SMILES string of the molecule is NC(Cc1ccc(CNC(=O)c2cccc(-c3ccccc3)c2)cc1)C(=O)O. The molecular weight excluding hydrogens is 352 g/mol. The van der Waals surface area contributed by atoms with Crippen LogP contribution in [0.3, 0.4) is 0 Å². The smallest absolute Gasteiger partial charge is 0.320 e. The summed E-state index contributed by atoms with van der Waals surface area (Å²) in [6, 6.07) is 23.9. The standard InChI is InChI=1S/C23H22N2O3/c24-21(23(27)28)13-16-9-11-17(12-10-16)15-25-22(26)20-8-4-7-19(14-20)18-5-2-1-3-6-18/h1-12,14,21H,13,15,24H2,(H,25,26)(H,27,28). The monoisotopic (exact) mass is 374 g/mol. The minimum atomic E-state index is -1.02. The predicted octanol–water partition coefficient (Wildman–Crippen LogP) is 3.24. The van der Waals surface area contributed by atoms with E-state index < -0.39 is 12.0 Å². The van der Waals surface area contributed by atoms with E-state index in [4.69, 9.17) is 10.8 Å². The zero-order valence-electron chi connectivity index (χ0n) is 15.3. The van der Waals surface area contributed by atoms with Crippen LogP contribution in [0, 0.1) is 0 Å². The quantitative estimate of drug-likeness (QED) is 0.592. The van der Waals surface area contributed by atoms with Crippen molar-refractivity contribution in [3.63, 3.8) is 0 Å². The topological polar surface area (TPSA) is 92.4 Å². The third kappa shape index (κ3) is 5.05. The van der Waals surface area contributed by atoms with E-state index in [9.17, 15) is 9.59 Å². The average Bonchev–Trinajstić information content (AvgIpc) is 2.73. The van der Waals surface area contributed by atoms with E-state index in [0.717, 1.165) is 22.3 Å². The molecule has 0 fully saturated rings. The number of aliphatic carboxylic acids is 1. The molecule has 3 aromatic carbocycles. The second-order valence-electron chi connectivity index (χ2n) is 6.59. The Bertz CT molecular complexity index is 953. The Kier molecular flexibility index (Phi) is 6.19. The lowest BCUT2D eigenvalue weighted by atomic mass is 10.0. The zero-order valence-corrected chi connectivity index (χ0v) is 15.3. The van der Waals surface area contributed by atoms with Crippen LogP contribution in [0.1, 0.15) is 21.5 Å². The third-order valence-corrected chi connectivity index (χ3v) is 4.48. The normalized spacial score (nSPS) is 11.6. The van der Waals surface area contributed by atoms with Crippen molar-refractivity contribution < 1.29 is 14.7 Å². The van der Waals surface area contributed by atoms with Gasteiger partial charge in [0.2, 0.25) is 0 Å². The average molecular weight is 374 g/mol. The first-order chi connectivity index (χ1) is 13.5. The Hall–Kier alpha value is -3.44. The maximum atomic E-state index is 12.5. The van der Waals surface area contributed by atoms with Gasteiger partial charge in [0.15, 0.2) is 0 Å². The van der Waals surface area contributed by atoms with E-state index in [1.807, 2.05) is 72.8 Å². The largest absolute Gasteiger partial charge is 0.480 e. The molecule has 3 aromatic rings. The van der Waals surface area contributed by atoms with Crippen LogP contribution in [0.25, 0.3) is 11.1 Å². The van der Waals surface area contributed by atoms with Crippen LogP contribution in [0.15, 0.2) is 78.9 Å². The molecule has 0 aliphatic carbocycles. The number of rotatable bonds is 7. The Balaban J connectivity index is 1.61. The number of nitrogens with one attached hydrogen (secondary N) is 1. The lowest BCUT2D eigenvalue weighted by molar-refractivity contribution is -0.138. The molecule has 1 amide bonds. The Labute approximate surface area is 163 Å². The fraction of sp³-hybridized carbons (Fsp3) is 0.130. The number of nitrogens with two attached hydrogens (primary N) is 1. The van der Waals surface area contributed by atoms with E-state index in [1.54, 1.807) is 6.07 Å². The van der Waals surface area contributed by atoms with Crippen molar-refractivity contribution in [1.82, 2.24) is 5.32 Å². The number of amides is 1. The van der Waals surface area contributed by atoms with E-state index in [0.29, 0.717) is 12.1 Å². The Morgan fingerprint density at radius 2 is 1.50 bits per heavy atom. The third-order valence-electron chi connectivity index (χ3n) is 4.48. The van der Waals surface area contributed by atoms with Gasteiger partial charge in [-0.25, -0.2) is 0 Å². The summed E-state index contributed by atoms with van der Waals surface area (Å²) in [5.41, 5.74) is 9.98. The molecule has 1 unspecified atom stereocenters. The van der Waals surface area contributed by atoms with Gasteiger partial charge in [0.25, 0.3) is 5.91 Å². The predicted molar refractivity (Wildman–Crippen MR) is 109 cm³/mol. The highest BCUT2D eigenvalue weighted by atomic mass is 16.4. The van der Waals surface area contributed by atoms with Crippen LogP contribution < -0.4 is 11.1 Å². The number of hydrogen-bond donors (Lipinski definition) is 3. The van der Waals surface area contributed by atoms with E-state index >= 15 is 0 Å². The highest BCUT2D eigenvalue weighted by Gasteiger charge is 2.12. The van der Waals surface area contributed by atoms with Crippen LogP contribution in [-0.2, 0) is 17.8 Å². The molecule has 5 heteroatoms. The number of carbonyl (C=O) groups is 2. The molecule has 28 heavy (non-hydrogen) atoms. The summed E-state index contributed by atoms with van der Waals surface area (Å²) in [7, 11) is 0. The van der Waals surface area contributed by atoms with Crippen LogP contribution in [0.2, 0.25) is 0 Å². The molecule has 0 bridgehead atoms. The van der Waals surface area contributed by atoms with Crippen LogP contribution in [0.5, 0.6) is 0 Å². The number of benzene rings is 3. The van der Waals surface area contributed by atoms with Gasteiger partial charge in [0.1, 0.15) is 6.04 Å². The number of carboxylic acid groups (broad SMARTS) is 1. The molecule has 142 valence electrons. The van der Waals surface area contributed by atoms with Gasteiger partial charge in [-0.1, -0.05) is 66.7 Å². The number of carbonyl (C=O) groups excluding carboxylic acids is 1. The first-order valence-corrected chi connectivity index (χ1v) is 9.03. The van der Waals surface area contributed by atoms with Gasteiger partial charge in [-0.3, -0.25) is 9.59 Å². The van der Waals surface area contributed by atoms with Gasteiger partial charge in [-0.15, -0.1) is 0 Å². The fourth-order valence-corrected chi connectivity index (χ4v) is 2.89. The molecule has 0 aliphatic heterocycles. The summed E-state index contributed by atoms with van der Waals surface area (Å²) < 4.78 is 0. The first-order valence-electron chi connectivity index (χ1n) is 9.03. The molecular formula is C23H22N2O3. The zero-order chi connectivity index (χ0) is 19.9. The van der Waals surface area contributed by atoms with E-state index in [-0.39, 0.29) is 12.3 Å². The summed E-state index contributed by atoms with van der Waals surface area (Å²) in [5.74, 6) is -1.16. The highest BCUT2D eigenvalue weighted by molar-refractivity contribution is 5.95. The van der Waals surface area contributed by atoms with Gasteiger partial charge in [0, 0.05) is 12.1 Å². The van der Waals surface area contributed by atoms with Crippen molar-refractivity contribution >= 4 is 11.9 Å². The Morgan fingerprint density at radius 3 is 2.18 bits per heavy atom. The molecule has 0 spiro atoms.